The summed E-state index contributed by atoms with van der Waals surface area (Å²) in [6, 6.07) is 14.5. The van der Waals surface area contributed by atoms with E-state index in [1.54, 1.807) is 24.3 Å². The Morgan fingerprint density at radius 2 is 1.20 bits per heavy atom. The number of halogens is 5. The van der Waals surface area contributed by atoms with E-state index in [2.05, 4.69) is 20.8 Å². The summed E-state index contributed by atoms with van der Waals surface area (Å²) in [4.78, 5) is 0. The lowest BCUT2D eigenvalue weighted by atomic mass is 9.69. The average Bonchev–Trinajstić information content (AvgIpc) is 2.64. The number of fused-ring (bicyclic) bond motifs is 3. The van der Waals surface area contributed by atoms with Crippen molar-refractivity contribution in [2.24, 2.45) is 5.92 Å². The zero-order valence-corrected chi connectivity index (χ0v) is 21.2. The summed E-state index contributed by atoms with van der Waals surface area (Å²) in [6.07, 6.45) is 5.31. The molecule has 0 radical (unpaired) electrons. The van der Waals surface area contributed by atoms with Gasteiger partial charge in [-0.1, -0.05) is 82.3 Å². The molecule has 0 atom stereocenters. The van der Waals surface area contributed by atoms with Crippen molar-refractivity contribution < 1.29 is 4.74 Å². The van der Waals surface area contributed by atoms with Crippen molar-refractivity contribution in [3.05, 3.63) is 69.7 Å². The Morgan fingerprint density at radius 3 is 1.47 bits per heavy atom. The van der Waals surface area contributed by atoms with Crippen LogP contribution in [0.5, 0.6) is 0 Å². The van der Waals surface area contributed by atoms with Gasteiger partial charge >= 0.3 is 0 Å². The molecule has 2 heterocycles. The molecule has 5 rings (SSSR count). The van der Waals surface area contributed by atoms with Crippen molar-refractivity contribution in [2.75, 3.05) is 0 Å². The van der Waals surface area contributed by atoms with Crippen LogP contribution in [0.15, 0.2) is 48.5 Å². The molecule has 2 saturated heterocycles. The molecule has 1 saturated carbocycles. The van der Waals surface area contributed by atoms with Crippen LogP contribution in [0.25, 0.3) is 0 Å². The molecule has 3 fully saturated rings. The second kappa shape index (κ2) is 9.38. The fraction of sp³-hybridized carbons (Fsp3) is 0.500. The minimum Gasteiger partial charge on any atom is -0.369 e. The first-order valence-electron chi connectivity index (χ1n) is 10.2. The maximum atomic E-state index is 6.11. The van der Waals surface area contributed by atoms with Crippen LogP contribution in [-0.4, -0.2) is 15.0 Å². The Balaban J connectivity index is 0.000000196. The van der Waals surface area contributed by atoms with Crippen LogP contribution in [0, 0.1) is 5.92 Å². The molecule has 164 valence electrons. The molecule has 0 amide bonds. The largest absolute Gasteiger partial charge is 0.369 e. The van der Waals surface area contributed by atoms with Crippen molar-refractivity contribution in [3.63, 3.8) is 0 Å². The molecule has 30 heavy (non-hydrogen) atoms. The lowest BCUT2D eigenvalue weighted by Crippen LogP contribution is -2.53. The topological polar surface area (TPSA) is 9.23 Å². The predicted molar refractivity (Wildman–Crippen MR) is 131 cm³/mol. The third kappa shape index (κ3) is 6.00. The van der Waals surface area contributed by atoms with Gasteiger partial charge in [0.25, 0.3) is 0 Å². The summed E-state index contributed by atoms with van der Waals surface area (Å²) < 4.78 is 4.60. The van der Waals surface area contributed by atoms with E-state index in [0.29, 0.717) is 10.0 Å². The second-order valence-electron chi connectivity index (χ2n) is 9.01. The summed E-state index contributed by atoms with van der Waals surface area (Å²) in [5.74, 6) is 0.441. The van der Waals surface area contributed by atoms with Gasteiger partial charge in [-0.3, -0.25) is 0 Å². The Bertz CT molecular complexity index is 783. The van der Waals surface area contributed by atoms with Gasteiger partial charge < -0.3 is 4.74 Å². The number of hydrogen-bond acceptors (Lipinski definition) is 1. The molecule has 2 aromatic carbocycles. The van der Waals surface area contributed by atoms with Gasteiger partial charge in [-0.15, -0.1) is 0 Å². The average molecular weight is 509 g/mol. The first-order chi connectivity index (χ1) is 13.9. The minimum absolute atomic E-state index is 0.158. The van der Waals surface area contributed by atoms with Crippen molar-refractivity contribution in [1.82, 2.24) is 0 Å². The molecule has 0 spiro atoms. The van der Waals surface area contributed by atoms with Gasteiger partial charge in [0.2, 0.25) is 3.79 Å². The molecule has 0 unspecified atom stereocenters. The number of ether oxygens (including phenoxy) is 1. The fourth-order valence-electron chi connectivity index (χ4n) is 4.62. The molecular weight excluding hydrogens is 482 g/mol. The molecule has 2 bridgehead atoms. The maximum Gasteiger partial charge on any atom is 0.201 e. The maximum absolute atomic E-state index is 6.11. The predicted octanol–water partition coefficient (Wildman–Crippen LogP) is 9.24. The molecule has 1 aliphatic carbocycles. The van der Waals surface area contributed by atoms with Crippen molar-refractivity contribution >= 4 is 58.0 Å². The van der Waals surface area contributed by atoms with Gasteiger partial charge in [0.05, 0.1) is 17.1 Å². The fourth-order valence-corrected chi connectivity index (χ4v) is 5.63. The van der Waals surface area contributed by atoms with Crippen LogP contribution in [0.2, 0.25) is 10.0 Å². The second-order valence-corrected chi connectivity index (χ2v) is 12.2. The number of alkyl halides is 3. The smallest absolute Gasteiger partial charge is 0.201 e. The van der Waals surface area contributed by atoms with Crippen molar-refractivity contribution in [1.29, 1.82) is 0 Å². The van der Waals surface area contributed by atoms with Gasteiger partial charge in [0.1, 0.15) is 0 Å². The highest BCUT2D eigenvalue weighted by Gasteiger charge is 2.48. The Kier molecular flexibility index (Phi) is 7.66. The standard InChI is InChI=1S/C14H9Cl5.C10H18O/c15-11-5-1-9(2-6-11)13(14(17,18)19)10-3-7-12(16)8-4-10;1-9(2)8-4-6-10(3,11-9)7-5-8/h1-8,13H;8H,4-7H2,1-3H3. The van der Waals surface area contributed by atoms with Gasteiger partial charge in [-0.05, 0) is 87.8 Å². The van der Waals surface area contributed by atoms with E-state index in [1.165, 1.54) is 25.7 Å². The van der Waals surface area contributed by atoms with Crippen LogP contribution < -0.4 is 0 Å². The molecule has 3 aliphatic rings. The van der Waals surface area contributed by atoms with E-state index < -0.39 is 3.79 Å². The van der Waals surface area contributed by atoms with Gasteiger partial charge in [-0.25, -0.2) is 0 Å². The number of rotatable bonds is 2. The Hall–Kier alpha value is -0.150. The monoisotopic (exact) mass is 506 g/mol. The Morgan fingerprint density at radius 1 is 0.800 bits per heavy atom. The summed E-state index contributed by atoms with van der Waals surface area (Å²) in [5.41, 5.74) is 2.14. The Labute approximate surface area is 204 Å². The van der Waals surface area contributed by atoms with Crippen LogP contribution in [-0.2, 0) is 4.74 Å². The van der Waals surface area contributed by atoms with E-state index in [0.717, 1.165) is 17.0 Å². The molecule has 6 heteroatoms. The first-order valence-corrected chi connectivity index (χ1v) is 12.1. The molecule has 2 aliphatic heterocycles. The SMILES string of the molecule is CC12CCC(CC1)C(C)(C)O2.Clc1ccc(C(c2ccc(Cl)cc2)C(Cl)(Cl)Cl)cc1. The van der Waals surface area contributed by atoms with Crippen molar-refractivity contribution in [3.8, 4) is 0 Å². The normalized spacial score (nSPS) is 25.0. The molecular formula is C24H27Cl5O. The molecule has 0 aromatic heterocycles. The summed E-state index contributed by atoms with van der Waals surface area (Å²) in [6.45, 7) is 6.76. The number of benzene rings is 2. The van der Waals surface area contributed by atoms with Crippen LogP contribution in [0.3, 0.4) is 0 Å². The highest BCUT2D eigenvalue weighted by molar-refractivity contribution is 6.68. The van der Waals surface area contributed by atoms with E-state index in [9.17, 15) is 0 Å². The lowest BCUT2D eigenvalue weighted by molar-refractivity contribution is -0.229. The van der Waals surface area contributed by atoms with Crippen LogP contribution in [0.1, 0.15) is 63.5 Å². The van der Waals surface area contributed by atoms with E-state index in [4.69, 9.17) is 62.7 Å². The summed E-state index contributed by atoms with van der Waals surface area (Å²) in [5, 5.41) is 1.28. The van der Waals surface area contributed by atoms with Crippen molar-refractivity contribution in [2.45, 2.75) is 67.4 Å². The summed E-state index contributed by atoms with van der Waals surface area (Å²) in [7, 11) is 0. The first kappa shape index (κ1) is 24.5. The van der Waals surface area contributed by atoms with E-state index in [1.807, 2.05) is 24.3 Å². The highest BCUT2D eigenvalue weighted by atomic mass is 35.6. The molecule has 2 aromatic rings. The zero-order valence-electron chi connectivity index (χ0n) is 17.4. The van der Waals surface area contributed by atoms with Gasteiger partial charge in [0.15, 0.2) is 0 Å². The zero-order chi connectivity index (χ0) is 22.2. The third-order valence-corrected chi connectivity index (χ3v) is 7.43. The van der Waals surface area contributed by atoms with Gasteiger partial charge in [0, 0.05) is 10.0 Å². The minimum atomic E-state index is -1.46. The molecule has 0 N–H and O–H groups in total. The number of hydrogen-bond donors (Lipinski definition) is 0. The van der Waals surface area contributed by atoms with Crippen LogP contribution >= 0.6 is 58.0 Å². The third-order valence-electron chi connectivity index (χ3n) is 6.27. The highest BCUT2D eigenvalue weighted by Crippen LogP contribution is 2.49. The van der Waals surface area contributed by atoms with E-state index >= 15 is 0 Å². The van der Waals surface area contributed by atoms with Crippen LogP contribution in [0.4, 0.5) is 0 Å². The summed E-state index contributed by atoms with van der Waals surface area (Å²) >= 11 is 30.1. The quantitative estimate of drug-likeness (QED) is 0.367. The van der Waals surface area contributed by atoms with Gasteiger partial charge in [-0.2, -0.15) is 0 Å². The lowest BCUT2D eigenvalue weighted by Gasteiger charge is -2.54. The van der Waals surface area contributed by atoms with E-state index in [-0.39, 0.29) is 17.1 Å². The molecule has 1 nitrogen and oxygen atoms in total.